The Bertz CT molecular complexity index is 1370. The van der Waals surface area contributed by atoms with Gasteiger partial charge < -0.3 is 9.30 Å². The predicted octanol–water partition coefficient (Wildman–Crippen LogP) is 3.68. The van der Waals surface area contributed by atoms with E-state index in [1.54, 1.807) is 24.9 Å². The van der Waals surface area contributed by atoms with Crippen molar-refractivity contribution in [2.24, 2.45) is 0 Å². The van der Waals surface area contributed by atoms with Crippen molar-refractivity contribution in [2.75, 3.05) is 6.61 Å². The molecule has 1 aliphatic rings. The van der Waals surface area contributed by atoms with Crippen LogP contribution in [0.15, 0.2) is 61.3 Å². The maximum absolute atomic E-state index is 14.2. The van der Waals surface area contributed by atoms with E-state index in [1.165, 1.54) is 6.07 Å². The van der Waals surface area contributed by atoms with Crippen molar-refractivity contribution in [3.05, 3.63) is 72.7 Å². The van der Waals surface area contributed by atoms with E-state index in [9.17, 15) is 4.39 Å². The maximum atomic E-state index is 14.2. The molecule has 0 bridgehead atoms. The maximum Gasteiger partial charge on any atom is 0.237 e. The Morgan fingerprint density at radius 2 is 1.86 bits per heavy atom. The second-order valence-corrected chi connectivity index (χ2v) is 6.95. The average molecular weight is 386 g/mol. The number of imidazole rings is 2. The van der Waals surface area contributed by atoms with Gasteiger partial charge in [0.1, 0.15) is 11.8 Å². The third-order valence-corrected chi connectivity index (χ3v) is 5.30. The van der Waals surface area contributed by atoms with Gasteiger partial charge in [0.25, 0.3) is 0 Å². The molecule has 0 radical (unpaired) electrons. The van der Waals surface area contributed by atoms with Crippen LogP contribution in [0.1, 0.15) is 18.0 Å². The molecule has 1 atom stereocenters. The number of para-hydroxylation sites is 3. The van der Waals surface area contributed by atoms with Crippen LogP contribution in [0.25, 0.3) is 28.1 Å². The molecule has 1 aliphatic heterocycles. The summed E-state index contributed by atoms with van der Waals surface area (Å²) in [4.78, 5) is 18.1. The molecule has 142 valence electrons. The van der Waals surface area contributed by atoms with E-state index in [0.29, 0.717) is 35.9 Å². The minimum Gasteiger partial charge on any atom is -0.490 e. The zero-order valence-corrected chi connectivity index (χ0v) is 15.2. The van der Waals surface area contributed by atoms with Crippen molar-refractivity contribution in [1.82, 2.24) is 29.1 Å². The lowest BCUT2D eigenvalue weighted by Crippen LogP contribution is -2.21. The van der Waals surface area contributed by atoms with Gasteiger partial charge in [0.05, 0.1) is 36.2 Å². The first kappa shape index (κ1) is 16.2. The number of hydrogen-bond acceptors (Lipinski definition) is 5. The second kappa shape index (κ2) is 6.10. The van der Waals surface area contributed by atoms with Gasteiger partial charge in [-0.05, 0) is 18.2 Å². The lowest BCUT2D eigenvalue weighted by Gasteiger charge is -2.27. The quantitative estimate of drug-likeness (QED) is 0.463. The molecule has 0 spiro atoms. The van der Waals surface area contributed by atoms with Crippen molar-refractivity contribution in [3.63, 3.8) is 0 Å². The minimum absolute atomic E-state index is 0.110. The number of halogens is 1. The molecule has 0 aliphatic carbocycles. The van der Waals surface area contributed by atoms with E-state index in [0.717, 1.165) is 16.6 Å². The third kappa shape index (κ3) is 2.42. The molecule has 5 aromatic rings. The molecular formula is C21H15FN6O. The van der Waals surface area contributed by atoms with Crippen LogP contribution < -0.4 is 4.74 Å². The zero-order chi connectivity index (χ0) is 19.4. The largest absolute Gasteiger partial charge is 0.490 e. The molecule has 1 unspecified atom stereocenters. The topological polar surface area (TPSA) is 70.7 Å². The Morgan fingerprint density at radius 3 is 2.83 bits per heavy atom. The Kier molecular flexibility index (Phi) is 3.40. The molecule has 0 N–H and O–H groups in total. The van der Waals surface area contributed by atoms with Crippen molar-refractivity contribution in [3.8, 4) is 11.7 Å². The molecule has 0 amide bonds. The van der Waals surface area contributed by atoms with Crippen LogP contribution in [0.4, 0.5) is 4.39 Å². The van der Waals surface area contributed by atoms with Crippen LogP contribution in [0, 0.1) is 5.82 Å². The standard InChI is InChI=1S/C21H15FN6O/c22-14-5-3-4-13-17(8-9-29-19(13)14)27-11-25-16-10-23-21(26-20(16)27)28-12-24-15-6-1-2-7-18(15)28/h1-7,10-12,17H,8-9H2. The third-order valence-electron chi connectivity index (χ3n) is 5.30. The second-order valence-electron chi connectivity index (χ2n) is 6.95. The highest BCUT2D eigenvalue weighted by Crippen LogP contribution is 2.37. The van der Waals surface area contributed by atoms with E-state index in [1.807, 2.05) is 39.5 Å². The zero-order valence-electron chi connectivity index (χ0n) is 15.2. The molecule has 8 heteroatoms. The fraction of sp³-hybridized carbons (Fsp3) is 0.143. The summed E-state index contributed by atoms with van der Waals surface area (Å²) >= 11 is 0. The highest BCUT2D eigenvalue weighted by atomic mass is 19.1. The fourth-order valence-corrected chi connectivity index (χ4v) is 3.94. The minimum atomic E-state index is -0.350. The van der Waals surface area contributed by atoms with Gasteiger partial charge in [-0.3, -0.25) is 4.57 Å². The van der Waals surface area contributed by atoms with Crippen LogP contribution in [-0.2, 0) is 0 Å². The monoisotopic (exact) mass is 386 g/mol. The molecule has 0 saturated heterocycles. The first-order valence-corrected chi connectivity index (χ1v) is 9.33. The summed E-state index contributed by atoms with van der Waals surface area (Å²) in [6.07, 6.45) is 5.86. The first-order valence-electron chi connectivity index (χ1n) is 9.33. The molecule has 3 aromatic heterocycles. The number of benzene rings is 2. The van der Waals surface area contributed by atoms with Crippen LogP contribution in [-0.4, -0.2) is 35.7 Å². The summed E-state index contributed by atoms with van der Waals surface area (Å²) in [5.41, 5.74) is 3.97. The van der Waals surface area contributed by atoms with Gasteiger partial charge >= 0.3 is 0 Å². The number of nitrogens with zero attached hydrogens (tertiary/aromatic N) is 6. The van der Waals surface area contributed by atoms with Crippen LogP contribution in [0.3, 0.4) is 0 Å². The predicted molar refractivity (Wildman–Crippen MR) is 105 cm³/mol. The summed E-state index contributed by atoms with van der Waals surface area (Å²) in [7, 11) is 0. The summed E-state index contributed by atoms with van der Waals surface area (Å²) in [5, 5.41) is 0. The van der Waals surface area contributed by atoms with Crippen molar-refractivity contribution < 1.29 is 9.13 Å². The summed E-state index contributed by atoms with van der Waals surface area (Å²) in [6.45, 7) is 0.433. The smallest absolute Gasteiger partial charge is 0.237 e. The van der Waals surface area contributed by atoms with Gasteiger partial charge in [-0.2, -0.15) is 4.98 Å². The molecule has 4 heterocycles. The van der Waals surface area contributed by atoms with E-state index >= 15 is 0 Å². The lowest BCUT2D eigenvalue weighted by atomic mass is 10.00. The molecular weight excluding hydrogens is 371 g/mol. The molecule has 7 nitrogen and oxygen atoms in total. The van der Waals surface area contributed by atoms with Crippen molar-refractivity contribution >= 4 is 22.2 Å². The lowest BCUT2D eigenvalue weighted by molar-refractivity contribution is 0.245. The SMILES string of the molecule is Fc1cccc2c1OCCC2n1cnc2cnc(-n3cnc4ccccc43)nc21. The molecule has 0 saturated carbocycles. The van der Waals surface area contributed by atoms with Gasteiger partial charge in [0.2, 0.25) is 5.95 Å². The number of rotatable bonds is 2. The van der Waals surface area contributed by atoms with E-state index in [-0.39, 0.29) is 11.9 Å². The molecule has 0 fully saturated rings. The average Bonchev–Trinajstić information content (AvgIpc) is 3.37. The number of fused-ring (bicyclic) bond motifs is 3. The Balaban J connectivity index is 1.52. The van der Waals surface area contributed by atoms with Gasteiger partial charge in [0.15, 0.2) is 17.2 Å². The first-order chi connectivity index (χ1) is 14.3. The highest BCUT2D eigenvalue weighted by Gasteiger charge is 2.27. The van der Waals surface area contributed by atoms with Crippen LogP contribution >= 0.6 is 0 Å². The van der Waals surface area contributed by atoms with E-state index in [2.05, 4.69) is 15.0 Å². The molecule has 6 rings (SSSR count). The highest BCUT2D eigenvalue weighted by molar-refractivity contribution is 5.77. The van der Waals surface area contributed by atoms with Gasteiger partial charge in [-0.15, -0.1) is 0 Å². The van der Waals surface area contributed by atoms with Gasteiger partial charge in [0, 0.05) is 12.0 Å². The number of ether oxygens (including phenoxy) is 1. The summed E-state index contributed by atoms with van der Waals surface area (Å²) in [5.74, 6) is 0.469. The van der Waals surface area contributed by atoms with Gasteiger partial charge in [-0.1, -0.05) is 24.3 Å². The van der Waals surface area contributed by atoms with Gasteiger partial charge in [-0.25, -0.2) is 19.3 Å². The number of aromatic nitrogens is 6. The van der Waals surface area contributed by atoms with Crippen LogP contribution in [0.2, 0.25) is 0 Å². The van der Waals surface area contributed by atoms with Crippen LogP contribution in [0.5, 0.6) is 5.75 Å². The normalized spacial score (nSPS) is 16.1. The Labute approximate surface area is 164 Å². The van der Waals surface area contributed by atoms with Crippen molar-refractivity contribution in [1.29, 1.82) is 0 Å². The number of hydrogen-bond donors (Lipinski definition) is 0. The van der Waals surface area contributed by atoms with E-state index < -0.39 is 0 Å². The van der Waals surface area contributed by atoms with Crippen molar-refractivity contribution in [2.45, 2.75) is 12.5 Å². The Hall–Kier alpha value is -3.81. The summed E-state index contributed by atoms with van der Waals surface area (Å²) < 4.78 is 23.6. The summed E-state index contributed by atoms with van der Waals surface area (Å²) in [6, 6.07) is 12.7. The van der Waals surface area contributed by atoms with E-state index in [4.69, 9.17) is 9.72 Å². The molecule has 2 aromatic carbocycles. The Morgan fingerprint density at radius 1 is 0.966 bits per heavy atom. The molecule has 29 heavy (non-hydrogen) atoms. The fourth-order valence-electron chi connectivity index (χ4n) is 3.94.